The van der Waals surface area contributed by atoms with Crippen molar-refractivity contribution < 1.29 is 9.47 Å². The highest BCUT2D eigenvalue weighted by atomic mass is 35.5. The van der Waals surface area contributed by atoms with Crippen molar-refractivity contribution in [1.29, 1.82) is 0 Å². The SMILES string of the molecule is CC(C)Oc1ccc(Nc2nc(=O)n(C(C)C)c(=O)n2Cc2ccc(Cl)cc2)cc1Cl.CC(C)Oc1ccc(Nc2nc(=S)n(C(C)C)c(=O)n2Cc2ccc(Cl)cc2)cc1Cl. The van der Waals surface area contributed by atoms with Crippen molar-refractivity contribution >= 4 is 81.9 Å². The molecular formula is C44H48Cl4N8O5S. The fourth-order valence-electron chi connectivity index (χ4n) is 6.03. The number of aromatic nitrogens is 6. The zero-order valence-corrected chi connectivity index (χ0v) is 39.3. The van der Waals surface area contributed by atoms with Gasteiger partial charge in [0.05, 0.1) is 35.3 Å². The molecule has 0 spiro atoms. The highest BCUT2D eigenvalue weighted by Crippen LogP contribution is 2.31. The van der Waals surface area contributed by atoms with Crippen LogP contribution >= 0.6 is 58.6 Å². The molecule has 0 amide bonds. The van der Waals surface area contributed by atoms with Crippen LogP contribution in [-0.4, -0.2) is 40.4 Å². The Morgan fingerprint density at radius 2 is 0.952 bits per heavy atom. The van der Waals surface area contributed by atoms with Crippen LogP contribution < -0.4 is 37.2 Å². The van der Waals surface area contributed by atoms with Crippen molar-refractivity contribution in [3.8, 4) is 11.5 Å². The fourth-order valence-corrected chi connectivity index (χ4v) is 7.11. The van der Waals surface area contributed by atoms with Crippen LogP contribution in [0.2, 0.25) is 20.1 Å². The van der Waals surface area contributed by atoms with Gasteiger partial charge < -0.3 is 20.1 Å². The molecule has 0 bridgehead atoms. The van der Waals surface area contributed by atoms with Crippen molar-refractivity contribution in [2.45, 2.75) is 92.8 Å². The second-order valence-electron chi connectivity index (χ2n) is 15.2. The molecule has 0 atom stereocenters. The monoisotopic (exact) mass is 940 g/mol. The van der Waals surface area contributed by atoms with Gasteiger partial charge in [-0.25, -0.2) is 19.0 Å². The zero-order valence-electron chi connectivity index (χ0n) is 35.5. The summed E-state index contributed by atoms with van der Waals surface area (Å²) in [6, 6.07) is 24.4. The van der Waals surface area contributed by atoms with Gasteiger partial charge in [-0.1, -0.05) is 70.7 Å². The van der Waals surface area contributed by atoms with E-state index in [0.717, 1.165) is 15.7 Å². The number of hydrogen-bond donors (Lipinski definition) is 2. The lowest BCUT2D eigenvalue weighted by Crippen LogP contribution is -2.43. The highest BCUT2D eigenvalue weighted by Gasteiger charge is 2.18. The highest BCUT2D eigenvalue weighted by molar-refractivity contribution is 7.71. The minimum atomic E-state index is -0.624. The molecule has 0 aliphatic rings. The predicted molar refractivity (Wildman–Crippen MR) is 253 cm³/mol. The van der Waals surface area contributed by atoms with Crippen LogP contribution in [0.15, 0.2) is 99.3 Å². The second-order valence-corrected chi connectivity index (χ2v) is 17.3. The second kappa shape index (κ2) is 21.3. The number of rotatable bonds is 14. The van der Waals surface area contributed by atoms with Gasteiger partial charge in [0.2, 0.25) is 16.7 Å². The number of hydrogen-bond acceptors (Lipinski definition) is 10. The minimum absolute atomic E-state index is 0.00547. The topological polar surface area (TPSA) is 139 Å². The van der Waals surface area contributed by atoms with Crippen LogP contribution in [0.25, 0.3) is 0 Å². The van der Waals surface area contributed by atoms with Crippen LogP contribution in [0.1, 0.15) is 78.6 Å². The molecular weight excluding hydrogens is 894 g/mol. The number of halogens is 4. The molecule has 13 nitrogen and oxygen atoms in total. The summed E-state index contributed by atoms with van der Waals surface area (Å²) in [6.07, 6.45) is -0.0166. The lowest BCUT2D eigenvalue weighted by molar-refractivity contribution is 0.242. The van der Waals surface area contributed by atoms with Gasteiger partial charge in [-0.05, 0) is 139 Å². The first-order valence-corrected chi connectivity index (χ1v) is 21.6. The van der Waals surface area contributed by atoms with Gasteiger partial charge in [-0.15, -0.1) is 0 Å². The van der Waals surface area contributed by atoms with E-state index >= 15 is 0 Å². The van der Waals surface area contributed by atoms with E-state index in [1.165, 1.54) is 9.13 Å². The number of ether oxygens (including phenoxy) is 2. The van der Waals surface area contributed by atoms with Gasteiger partial charge in [0, 0.05) is 33.5 Å². The van der Waals surface area contributed by atoms with Crippen LogP contribution in [0, 0.1) is 4.77 Å². The normalized spacial score (nSPS) is 11.2. The third-order valence-electron chi connectivity index (χ3n) is 8.84. The molecule has 2 heterocycles. The Bertz CT molecular complexity index is 2560. The van der Waals surface area contributed by atoms with Crippen molar-refractivity contribution in [2.75, 3.05) is 10.6 Å². The summed E-state index contributed by atoms with van der Waals surface area (Å²) in [6.45, 7) is 15.5. The quantitative estimate of drug-likeness (QED) is 0.101. The smallest absolute Gasteiger partial charge is 0.355 e. The average molecular weight is 943 g/mol. The molecule has 0 fully saturated rings. The standard InChI is InChI=1S/C22H24Cl2N4O3.C22H24Cl2N4O2S/c1-13(2)28-21(29)26-20(25-17-9-10-19(18(24)11-17)31-14(3)4)27(22(28)30)12-15-5-7-16(23)8-6-15;1-13(2)28-21(31)26-20(25-17-9-10-19(18(24)11-17)30-14(3)4)27(22(28)29)12-15-5-7-16(23)8-6-15/h5-11,13-14H,12H2,1-4H3,(H,25,26,29);5-11,13-14H,12H2,1-4H3,(H,25,26,31). The lowest BCUT2D eigenvalue weighted by atomic mass is 10.2. The van der Waals surface area contributed by atoms with Crippen molar-refractivity contribution in [3.05, 3.63) is 152 Å². The summed E-state index contributed by atoms with van der Waals surface area (Å²) in [5.74, 6) is 1.58. The van der Waals surface area contributed by atoms with E-state index in [4.69, 9.17) is 68.1 Å². The van der Waals surface area contributed by atoms with E-state index < -0.39 is 11.4 Å². The summed E-state index contributed by atoms with van der Waals surface area (Å²) >= 11 is 30.0. The van der Waals surface area contributed by atoms with Crippen LogP contribution in [0.4, 0.5) is 23.3 Å². The summed E-state index contributed by atoms with van der Waals surface area (Å²) < 4.78 is 17.1. The Labute approximate surface area is 384 Å². The molecule has 328 valence electrons. The van der Waals surface area contributed by atoms with Crippen molar-refractivity contribution in [1.82, 2.24) is 28.2 Å². The van der Waals surface area contributed by atoms with E-state index in [1.54, 1.807) is 73.0 Å². The van der Waals surface area contributed by atoms with Crippen LogP contribution in [0.5, 0.6) is 11.5 Å². The molecule has 18 heteroatoms. The minimum Gasteiger partial charge on any atom is -0.489 e. The Kier molecular flexibility index (Phi) is 16.5. The molecule has 4 aromatic carbocycles. The van der Waals surface area contributed by atoms with Crippen LogP contribution in [-0.2, 0) is 13.1 Å². The lowest BCUT2D eigenvalue weighted by Gasteiger charge is -2.18. The molecule has 0 aliphatic heterocycles. The Balaban J connectivity index is 0.000000234. The first kappa shape index (κ1) is 47.9. The maximum atomic E-state index is 13.3. The van der Waals surface area contributed by atoms with Crippen molar-refractivity contribution in [2.24, 2.45) is 0 Å². The van der Waals surface area contributed by atoms with E-state index in [2.05, 4.69) is 20.6 Å². The molecule has 0 radical (unpaired) electrons. The van der Waals surface area contributed by atoms with E-state index in [1.807, 2.05) is 71.9 Å². The fraction of sp³-hybridized carbons (Fsp3) is 0.318. The maximum absolute atomic E-state index is 13.3. The molecule has 6 rings (SSSR count). The Morgan fingerprint density at radius 1 is 0.565 bits per heavy atom. The molecule has 0 saturated carbocycles. The van der Waals surface area contributed by atoms with Gasteiger partial charge in [-0.3, -0.25) is 13.7 Å². The van der Waals surface area contributed by atoms with E-state index in [-0.39, 0.29) is 47.2 Å². The Morgan fingerprint density at radius 3 is 1.32 bits per heavy atom. The van der Waals surface area contributed by atoms with Gasteiger partial charge in [0.1, 0.15) is 11.5 Å². The largest absolute Gasteiger partial charge is 0.489 e. The first-order chi connectivity index (χ1) is 29.3. The number of anilines is 4. The van der Waals surface area contributed by atoms with E-state index in [0.29, 0.717) is 55.5 Å². The van der Waals surface area contributed by atoms with Gasteiger partial charge in [0.25, 0.3) is 0 Å². The van der Waals surface area contributed by atoms with Crippen LogP contribution in [0.3, 0.4) is 0 Å². The summed E-state index contributed by atoms with van der Waals surface area (Å²) in [4.78, 5) is 47.5. The molecule has 6 aromatic rings. The van der Waals surface area contributed by atoms with Gasteiger partial charge in [0.15, 0.2) is 0 Å². The third-order valence-corrected chi connectivity index (χ3v) is 10.2. The number of benzene rings is 4. The van der Waals surface area contributed by atoms with E-state index in [9.17, 15) is 14.4 Å². The molecule has 62 heavy (non-hydrogen) atoms. The predicted octanol–water partition coefficient (Wildman–Crippen LogP) is 11.1. The zero-order chi connectivity index (χ0) is 45.4. The third kappa shape index (κ3) is 12.5. The average Bonchev–Trinajstić information content (AvgIpc) is 3.18. The van der Waals surface area contributed by atoms with Gasteiger partial charge in [-0.2, -0.15) is 9.97 Å². The molecule has 0 saturated heterocycles. The van der Waals surface area contributed by atoms with Gasteiger partial charge >= 0.3 is 17.1 Å². The maximum Gasteiger partial charge on any atom is 0.355 e. The summed E-state index contributed by atoms with van der Waals surface area (Å²) in [5, 5.41) is 8.31. The molecule has 2 aromatic heterocycles. The van der Waals surface area contributed by atoms with Crippen molar-refractivity contribution in [3.63, 3.8) is 0 Å². The number of nitrogens with one attached hydrogen (secondary N) is 2. The summed E-state index contributed by atoms with van der Waals surface area (Å²) in [5.41, 5.74) is 1.64. The summed E-state index contributed by atoms with van der Waals surface area (Å²) in [7, 11) is 0. The molecule has 0 aliphatic carbocycles. The first-order valence-electron chi connectivity index (χ1n) is 19.7. The number of nitrogens with zero attached hydrogens (tertiary/aromatic N) is 6. The molecule has 2 N–H and O–H groups in total. The Hall–Kier alpha value is -5.12. The molecule has 0 unspecified atom stereocenters.